The standard InChI is InChI=1S/C17H21FN4O/c1-11(2)17-20-19-15-10-21(9-12(3)22(15)17)16(23)8-13-5-4-6-14(18)7-13/h4-7,11-12H,8-10H2,1-3H3/t12-/m0/s1. The maximum absolute atomic E-state index is 13.3. The van der Waals surface area contributed by atoms with Crippen LogP contribution in [0.25, 0.3) is 0 Å². The zero-order valence-electron chi connectivity index (χ0n) is 13.7. The Morgan fingerprint density at radius 1 is 1.39 bits per heavy atom. The third-order valence-electron chi connectivity index (χ3n) is 4.16. The molecule has 3 rings (SSSR count). The fourth-order valence-electron chi connectivity index (χ4n) is 3.08. The van der Waals surface area contributed by atoms with Crippen LogP contribution in [0.15, 0.2) is 24.3 Å². The van der Waals surface area contributed by atoms with Crippen molar-refractivity contribution in [1.29, 1.82) is 0 Å². The Balaban J connectivity index is 1.76. The first-order valence-electron chi connectivity index (χ1n) is 7.91. The van der Waals surface area contributed by atoms with E-state index in [1.54, 1.807) is 17.0 Å². The number of nitrogens with zero attached hydrogens (tertiary/aromatic N) is 4. The van der Waals surface area contributed by atoms with Crippen LogP contribution in [0.5, 0.6) is 0 Å². The first-order chi connectivity index (χ1) is 11.0. The third-order valence-corrected chi connectivity index (χ3v) is 4.16. The maximum Gasteiger partial charge on any atom is 0.227 e. The molecule has 0 aliphatic carbocycles. The lowest BCUT2D eigenvalue weighted by Crippen LogP contribution is -2.41. The van der Waals surface area contributed by atoms with Crippen molar-refractivity contribution in [1.82, 2.24) is 19.7 Å². The molecule has 23 heavy (non-hydrogen) atoms. The molecule has 1 aromatic heterocycles. The highest BCUT2D eigenvalue weighted by Crippen LogP contribution is 2.25. The number of amides is 1. The largest absolute Gasteiger partial charge is 0.333 e. The fraction of sp³-hybridized carbons (Fsp3) is 0.471. The van der Waals surface area contributed by atoms with Gasteiger partial charge in [-0.1, -0.05) is 26.0 Å². The minimum atomic E-state index is -0.316. The summed E-state index contributed by atoms with van der Waals surface area (Å²) in [5, 5.41) is 8.50. The SMILES string of the molecule is CC(C)c1nnc2n1[C@@H](C)CN(C(=O)Cc1cccc(F)c1)C2. The first-order valence-corrected chi connectivity index (χ1v) is 7.91. The molecule has 122 valence electrons. The molecule has 0 spiro atoms. The molecule has 2 heterocycles. The highest BCUT2D eigenvalue weighted by atomic mass is 19.1. The lowest BCUT2D eigenvalue weighted by molar-refractivity contribution is -0.132. The predicted octanol–water partition coefficient (Wildman–Crippen LogP) is 2.69. The zero-order chi connectivity index (χ0) is 16.6. The van der Waals surface area contributed by atoms with Gasteiger partial charge in [-0.05, 0) is 24.6 Å². The number of halogens is 1. The fourth-order valence-corrected chi connectivity index (χ4v) is 3.08. The van der Waals surface area contributed by atoms with Crippen molar-refractivity contribution in [3.63, 3.8) is 0 Å². The molecule has 0 radical (unpaired) electrons. The van der Waals surface area contributed by atoms with Gasteiger partial charge in [0.15, 0.2) is 5.82 Å². The van der Waals surface area contributed by atoms with E-state index in [4.69, 9.17) is 0 Å². The molecule has 1 aliphatic heterocycles. The summed E-state index contributed by atoms with van der Waals surface area (Å²) in [6.45, 7) is 7.33. The van der Waals surface area contributed by atoms with Crippen LogP contribution in [-0.2, 0) is 17.8 Å². The Morgan fingerprint density at radius 3 is 2.87 bits per heavy atom. The Hall–Kier alpha value is -2.24. The summed E-state index contributed by atoms with van der Waals surface area (Å²) < 4.78 is 15.4. The summed E-state index contributed by atoms with van der Waals surface area (Å²) in [7, 11) is 0. The minimum absolute atomic E-state index is 0.0113. The van der Waals surface area contributed by atoms with Crippen LogP contribution in [0.4, 0.5) is 4.39 Å². The average Bonchev–Trinajstić information content (AvgIpc) is 2.92. The number of aromatic nitrogens is 3. The number of carbonyl (C=O) groups is 1. The molecule has 0 N–H and O–H groups in total. The van der Waals surface area contributed by atoms with Gasteiger partial charge in [0.2, 0.25) is 5.91 Å². The van der Waals surface area contributed by atoms with Crippen LogP contribution >= 0.6 is 0 Å². The smallest absolute Gasteiger partial charge is 0.227 e. The van der Waals surface area contributed by atoms with Crippen molar-refractivity contribution >= 4 is 5.91 Å². The van der Waals surface area contributed by atoms with Crippen LogP contribution in [0, 0.1) is 5.82 Å². The average molecular weight is 316 g/mol. The van der Waals surface area contributed by atoms with Crippen molar-refractivity contribution in [3.05, 3.63) is 47.3 Å². The van der Waals surface area contributed by atoms with Gasteiger partial charge in [0.1, 0.15) is 11.6 Å². The molecule has 2 aromatic rings. The molecule has 1 atom stereocenters. The number of hydrogen-bond acceptors (Lipinski definition) is 3. The number of carbonyl (C=O) groups excluding carboxylic acids is 1. The van der Waals surface area contributed by atoms with Gasteiger partial charge in [0, 0.05) is 12.5 Å². The van der Waals surface area contributed by atoms with Gasteiger partial charge in [0.25, 0.3) is 0 Å². The topological polar surface area (TPSA) is 51.0 Å². The second kappa shape index (κ2) is 6.10. The van der Waals surface area contributed by atoms with E-state index in [-0.39, 0.29) is 24.2 Å². The van der Waals surface area contributed by atoms with E-state index < -0.39 is 0 Å². The molecule has 0 bridgehead atoms. The number of hydrogen-bond donors (Lipinski definition) is 0. The van der Waals surface area contributed by atoms with E-state index in [2.05, 4.69) is 35.5 Å². The molecule has 6 heteroatoms. The van der Waals surface area contributed by atoms with Crippen molar-refractivity contribution in [2.45, 2.75) is 45.7 Å². The van der Waals surface area contributed by atoms with Crippen LogP contribution in [0.2, 0.25) is 0 Å². The molecule has 1 aliphatic rings. The molecule has 5 nitrogen and oxygen atoms in total. The number of fused-ring (bicyclic) bond motifs is 1. The van der Waals surface area contributed by atoms with E-state index in [0.717, 1.165) is 11.6 Å². The van der Waals surface area contributed by atoms with Crippen LogP contribution < -0.4 is 0 Å². The summed E-state index contributed by atoms with van der Waals surface area (Å²) in [6.07, 6.45) is 0.204. The molecule has 0 saturated carbocycles. The zero-order valence-corrected chi connectivity index (χ0v) is 13.7. The Morgan fingerprint density at radius 2 is 2.17 bits per heavy atom. The van der Waals surface area contributed by atoms with Gasteiger partial charge in [-0.15, -0.1) is 10.2 Å². The highest BCUT2D eigenvalue weighted by molar-refractivity contribution is 5.78. The molecular weight excluding hydrogens is 295 g/mol. The lowest BCUT2D eigenvalue weighted by Gasteiger charge is -2.33. The van der Waals surface area contributed by atoms with Crippen molar-refractivity contribution < 1.29 is 9.18 Å². The van der Waals surface area contributed by atoms with Crippen LogP contribution in [0.3, 0.4) is 0 Å². The van der Waals surface area contributed by atoms with E-state index in [0.29, 0.717) is 24.6 Å². The van der Waals surface area contributed by atoms with Gasteiger partial charge < -0.3 is 9.47 Å². The van der Waals surface area contributed by atoms with Gasteiger partial charge >= 0.3 is 0 Å². The highest BCUT2D eigenvalue weighted by Gasteiger charge is 2.29. The quantitative estimate of drug-likeness (QED) is 0.875. The Labute approximate surface area is 135 Å². The van der Waals surface area contributed by atoms with Gasteiger partial charge in [0.05, 0.1) is 19.0 Å². The molecule has 1 aromatic carbocycles. The van der Waals surface area contributed by atoms with Crippen LogP contribution in [-0.4, -0.2) is 32.1 Å². The molecule has 0 saturated heterocycles. The van der Waals surface area contributed by atoms with Gasteiger partial charge in [-0.25, -0.2) is 4.39 Å². The molecular formula is C17H21FN4O. The lowest BCUT2D eigenvalue weighted by atomic mass is 10.1. The summed E-state index contributed by atoms with van der Waals surface area (Å²) in [5.74, 6) is 1.75. The summed E-state index contributed by atoms with van der Waals surface area (Å²) in [4.78, 5) is 14.3. The molecule has 0 unspecified atom stereocenters. The van der Waals surface area contributed by atoms with Crippen LogP contribution in [0.1, 0.15) is 49.9 Å². The van der Waals surface area contributed by atoms with E-state index in [1.807, 2.05) is 0 Å². The van der Waals surface area contributed by atoms with Gasteiger partial charge in [-0.3, -0.25) is 4.79 Å². The van der Waals surface area contributed by atoms with Gasteiger partial charge in [-0.2, -0.15) is 0 Å². The molecule has 0 fully saturated rings. The summed E-state index contributed by atoms with van der Waals surface area (Å²) in [6, 6.07) is 6.33. The number of rotatable bonds is 3. The Bertz CT molecular complexity index is 725. The minimum Gasteiger partial charge on any atom is -0.333 e. The predicted molar refractivity (Wildman–Crippen MR) is 84.3 cm³/mol. The second-order valence-corrected chi connectivity index (χ2v) is 6.43. The molecule has 1 amide bonds. The first kappa shape index (κ1) is 15.6. The summed E-state index contributed by atoms with van der Waals surface area (Å²) >= 11 is 0. The van der Waals surface area contributed by atoms with Crippen molar-refractivity contribution in [3.8, 4) is 0 Å². The number of benzene rings is 1. The van der Waals surface area contributed by atoms with E-state index >= 15 is 0 Å². The van der Waals surface area contributed by atoms with E-state index in [9.17, 15) is 9.18 Å². The van der Waals surface area contributed by atoms with E-state index in [1.165, 1.54) is 12.1 Å². The summed E-state index contributed by atoms with van der Waals surface area (Å²) in [5.41, 5.74) is 0.692. The normalized spacial score (nSPS) is 17.4. The maximum atomic E-state index is 13.3. The van der Waals surface area contributed by atoms with Crippen molar-refractivity contribution in [2.24, 2.45) is 0 Å². The van der Waals surface area contributed by atoms with Crippen molar-refractivity contribution in [2.75, 3.05) is 6.54 Å². The third kappa shape index (κ3) is 3.11. The second-order valence-electron chi connectivity index (χ2n) is 6.43. The monoisotopic (exact) mass is 316 g/mol. The Kier molecular flexibility index (Phi) is 4.15.